The highest BCUT2D eigenvalue weighted by atomic mass is 16.5. The average Bonchev–Trinajstić information content (AvgIpc) is 3.24. The van der Waals surface area contributed by atoms with Crippen molar-refractivity contribution < 1.29 is 9.32 Å². The number of nitrogens with one attached hydrogen (secondary N) is 2. The lowest BCUT2D eigenvalue weighted by molar-refractivity contribution is 0.0934. The van der Waals surface area contributed by atoms with Crippen molar-refractivity contribution in [2.45, 2.75) is 32.2 Å². The van der Waals surface area contributed by atoms with Gasteiger partial charge in [-0.25, -0.2) is 0 Å². The van der Waals surface area contributed by atoms with E-state index in [-0.39, 0.29) is 17.8 Å². The van der Waals surface area contributed by atoms with Crippen LogP contribution in [0.2, 0.25) is 0 Å². The van der Waals surface area contributed by atoms with Gasteiger partial charge in [0.2, 0.25) is 5.89 Å². The van der Waals surface area contributed by atoms with Crippen molar-refractivity contribution in [2.75, 3.05) is 32.7 Å². The lowest BCUT2D eigenvalue weighted by Gasteiger charge is -2.13. The van der Waals surface area contributed by atoms with Crippen LogP contribution in [0.5, 0.6) is 0 Å². The molecule has 2 N–H and O–H groups in total. The van der Waals surface area contributed by atoms with Gasteiger partial charge in [-0.2, -0.15) is 4.98 Å². The Morgan fingerprint density at radius 1 is 1.52 bits per heavy atom. The predicted octanol–water partition coefficient (Wildman–Crippen LogP) is 0.566. The van der Waals surface area contributed by atoms with E-state index in [0.29, 0.717) is 18.4 Å². The van der Waals surface area contributed by atoms with Gasteiger partial charge in [0.1, 0.15) is 0 Å². The lowest BCUT2D eigenvalue weighted by Crippen LogP contribution is -2.31. The number of carbonyl (C=O) groups is 1. The van der Waals surface area contributed by atoms with E-state index in [0.717, 1.165) is 45.4 Å². The summed E-state index contributed by atoms with van der Waals surface area (Å²) in [7, 11) is 0. The fraction of sp³-hybridized carbons (Fsp3) is 0.786. The molecule has 2 fully saturated rings. The summed E-state index contributed by atoms with van der Waals surface area (Å²) < 4.78 is 5.18. The molecule has 7 nitrogen and oxygen atoms in total. The molecule has 3 heterocycles. The second-order valence-electron chi connectivity index (χ2n) is 5.86. The predicted molar refractivity (Wildman–Crippen MR) is 76.8 cm³/mol. The zero-order valence-corrected chi connectivity index (χ0v) is 12.5. The topological polar surface area (TPSA) is 83.3 Å². The summed E-state index contributed by atoms with van der Waals surface area (Å²) in [5, 5.41) is 9.99. The Balaban J connectivity index is 1.49. The summed E-state index contributed by atoms with van der Waals surface area (Å²) in [5.41, 5.74) is 0. The summed E-state index contributed by atoms with van der Waals surface area (Å²) >= 11 is 0. The van der Waals surface area contributed by atoms with Crippen molar-refractivity contribution in [2.24, 2.45) is 5.92 Å². The molecule has 2 unspecified atom stereocenters. The van der Waals surface area contributed by atoms with E-state index in [1.165, 1.54) is 0 Å². The van der Waals surface area contributed by atoms with Crippen LogP contribution >= 0.6 is 0 Å². The van der Waals surface area contributed by atoms with Crippen molar-refractivity contribution in [1.82, 2.24) is 25.7 Å². The molecule has 0 aromatic carbocycles. The Morgan fingerprint density at radius 2 is 2.43 bits per heavy atom. The van der Waals surface area contributed by atoms with E-state index in [1.54, 1.807) is 0 Å². The Morgan fingerprint density at radius 3 is 3.14 bits per heavy atom. The molecule has 2 saturated heterocycles. The number of hydrogen-bond donors (Lipinski definition) is 2. The van der Waals surface area contributed by atoms with E-state index in [4.69, 9.17) is 4.52 Å². The van der Waals surface area contributed by atoms with E-state index in [1.807, 2.05) is 0 Å². The Kier molecular flexibility index (Phi) is 4.50. The van der Waals surface area contributed by atoms with E-state index >= 15 is 0 Å². The van der Waals surface area contributed by atoms with Crippen LogP contribution < -0.4 is 10.6 Å². The minimum atomic E-state index is -0.238. The Labute approximate surface area is 124 Å². The quantitative estimate of drug-likeness (QED) is 0.825. The van der Waals surface area contributed by atoms with E-state index < -0.39 is 0 Å². The van der Waals surface area contributed by atoms with Gasteiger partial charge in [0.05, 0.1) is 6.04 Å². The monoisotopic (exact) mass is 293 g/mol. The molecule has 21 heavy (non-hydrogen) atoms. The molecule has 2 aliphatic rings. The van der Waals surface area contributed by atoms with Crippen molar-refractivity contribution >= 4 is 5.91 Å². The molecule has 0 spiro atoms. The zero-order chi connectivity index (χ0) is 14.7. The number of nitrogens with zero attached hydrogens (tertiary/aromatic N) is 3. The molecular formula is C14H23N5O2. The van der Waals surface area contributed by atoms with Crippen molar-refractivity contribution in [1.29, 1.82) is 0 Å². The Bertz CT molecular complexity index is 483. The smallest absolute Gasteiger partial charge is 0.292 e. The highest BCUT2D eigenvalue weighted by Gasteiger charge is 2.25. The van der Waals surface area contributed by atoms with Gasteiger partial charge in [-0.05, 0) is 44.8 Å². The van der Waals surface area contributed by atoms with Crippen LogP contribution in [0.4, 0.5) is 0 Å². The SMILES string of the molecule is CCN1CCC(CNC(=O)c2noc(C3CCCN3)n2)C1. The first-order chi connectivity index (χ1) is 10.3. The number of amides is 1. The third-order valence-corrected chi connectivity index (χ3v) is 4.37. The number of likely N-dealkylation sites (tertiary alicyclic amines) is 1. The molecule has 7 heteroatoms. The van der Waals surface area contributed by atoms with Gasteiger partial charge in [0.15, 0.2) is 0 Å². The number of aromatic nitrogens is 2. The number of carbonyl (C=O) groups excluding carboxylic acids is 1. The maximum Gasteiger partial charge on any atom is 0.292 e. The summed E-state index contributed by atoms with van der Waals surface area (Å²) in [6.07, 6.45) is 3.22. The largest absolute Gasteiger partial charge is 0.349 e. The normalized spacial score (nSPS) is 26.3. The molecule has 116 valence electrons. The van der Waals surface area contributed by atoms with Crippen LogP contribution in [-0.2, 0) is 0 Å². The summed E-state index contributed by atoms with van der Waals surface area (Å²) in [6.45, 7) is 7.06. The summed E-state index contributed by atoms with van der Waals surface area (Å²) in [4.78, 5) is 18.7. The maximum atomic E-state index is 12.1. The number of rotatable bonds is 5. The molecular weight excluding hydrogens is 270 g/mol. The second kappa shape index (κ2) is 6.53. The first-order valence-corrected chi connectivity index (χ1v) is 7.83. The third kappa shape index (κ3) is 3.41. The Hall–Kier alpha value is -1.47. The molecule has 1 aromatic rings. The molecule has 0 radical (unpaired) electrons. The van der Waals surface area contributed by atoms with Gasteiger partial charge in [0.25, 0.3) is 11.7 Å². The average molecular weight is 293 g/mol. The minimum absolute atomic E-state index is 0.104. The zero-order valence-electron chi connectivity index (χ0n) is 12.5. The van der Waals surface area contributed by atoms with E-state index in [9.17, 15) is 4.79 Å². The first-order valence-electron chi connectivity index (χ1n) is 7.83. The number of hydrogen-bond acceptors (Lipinski definition) is 6. The van der Waals surface area contributed by atoms with Crippen LogP contribution in [-0.4, -0.2) is 53.7 Å². The molecule has 0 saturated carbocycles. The molecule has 3 rings (SSSR count). The van der Waals surface area contributed by atoms with Gasteiger partial charge in [-0.3, -0.25) is 4.79 Å². The van der Waals surface area contributed by atoms with Gasteiger partial charge in [-0.15, -0.1) is 0 Å². The van der Waals surface area contributed by atoms with Crippen molar-refractivity contribution in [3.05, 3.63) is 11.7 Å². The summed E-state index contributed by atoms with van der Waals surface area (Å²) in [6, 6.07) is 0.104. The molecule has 2 atom stereocenters. The fourth-order valence-corrected chi connectivity index (χ4v) is 3.05. The van der Waals surface area contributed by atoms with Crippen LogP contribution in [0.25, 0.3) is 0 Å². The van der Waals surface area contributed by atoms with Gasteiger partial charge < -0.3 is 20.1 Å². The fourth-order valence-electron chi connectivity index (χ4n) is 3.05. The molecule has 2 aliphatic heterocycles. The maximum absolute atomic E-state index is 12.1. The van der Waals surface area contributed by atoms with Gasteiger partial charge in [-0.1, -0.05) is 12.1 Å². The second-order valence-corrected chi connectivity index (χ2v) is 5.86. The van der Waals surface area contributed by atoms with Gasteiger partial charge in [0, 0.05) is 13.1 Å². The van der Waals surface area contributed by atoms with Crippen molar-refractivity contribution in [3.8, 4) is 0 Å². The molecule has 1 amide bonds. The molecule has 0 aliphatic carbocycles. The first kappa shape index (κ1) is 14.5. The third-order valence-electron chi connectivity index (χ3n) is 4.37. The van der Waals surface area contributed by atoms with Gasteiger partial charge >= 0.3 is 0 Å². The van der Waals surface area contributed by atoms with Crippen LogP contribution in [0.1, 0.15) is 48.7 Å². The lowest BCUT2D eigenvalue weighted by atomic mass is 10.1. The molecule has 0 bridgehead atoms. The van der Waals surface area contributed by atoms with Crippen LogP contribution in [0.15, 0.2) is 4.52 Å². The minimum Gasteiger partial charge on any atom is -0.349 e. The summed E-state index contributed by atoms with van der Waals surface area (Å²) in [5.74, 6) is 0.953. The highest BCUT2D eigenvalue weighted by Crippen LogP contribution is 2.21. The standard InChI is InChI=1S/C14H23N5O2/c1-2-19-7-5-10(9-19)8-16-13(20)12-17-14(21-18-12)11-4-3-6-15-11/h10-11,15H,2-9H2,1H3,(H,16,20). The van der Waals surface area contributed by atoms with Crippen LogP contribution in [0.3, 0.4) is 0 Å². The van der Waals surface area contributed by atoms with E-state index in [2.05, 4.69) is 32.6 Å². The molecule has 1 aromatic heterocycles. The van der Waals surface area contributed by atoms with Crippen molar-refractivity contribution in [3.63, 3.8) is 0 Å². The van der Waals surface area contributed by atoms with Crippen LogP contribution in [0, 0.1) is 5.92 Å². The highest BCUT2D eigenvalue weighted by molar-refractivity contribution is 5.90.